The van der Waals surface area contributed by atoms with Crippen LogP contribution in [0.1, 0.15) is 0 Å². The van der Waals surface area contributed by atoms with Crippen molar-refractivity contribution in [2.45, 2.75) is 0 Å². The van der Waals surface area contributed by atoms with Gasteiger partial charge in [-0.1, -0.05) is 237 Å². The van der Waals surface area contributed by atoms with Gasteiger partial charge in [0, 0.05) is 78.2 Å². The third-order valence-corrected chi connectivity index (χ3v) is 17.4. The van der Waals surface area contributed by atoms with Crippen LogP contribution in [0.15, 0.2) is 315 Å². The van der Waals surface area contributed by atoms with Gasteiger partial charge in [-0.25, -0.2) is 19.9 Å². The van der Waals surface area contributed by atoms with Gasteiger partial charge in [0.15, 0.2) is 11.6 Å². The van der Waals surface area contributed by atoms with Gasteiger partial charge in [-0.15, -0.1) is 0 Å². The van der Waals surface area contributed by atoms with Gasteiger partial charge in [-0.2, -0.15) is 0 Å². The van der Waals surface area contributed by atoms with Crippen LogP contribution < -0.4 is 26.2 Å². The van der Waals surface area contributed by atoms with E-state index in [1.165, 1.54) is 38.5 Å². The Balaban J connectivity index is 0.867. The van der Waals surface area contributed by atoms with Crippen molar-refractivity contribution in [1.82, 2.24) is 24.5 Å². The van der Waals surface area contributed by atoms with Crippen LogP contribution in [0, 0.1) is 0 Å². The number of anilines is 6. The van der Waals surface area contributed by atoms with E-state index < -0.39 is 0 Å². The first-order chi connectivity index (χ1) is 43.7. The second-order valence-corrected chi connectivity index (χ2v) is 22.5. The number of hydrogen-bond donors (Lipinski definition) is 0. The Kier molecular flexibility index (Phi) is 12.2. The monoisotopic (exact) mass is 1120 g/mol. The Morgan fingerprint density at radius 2 is 0.670 bits per heavy atom. The summed E-state index contributed by atoms with van der Waals surface area (Å²) in [6, 6.07) is 112. The highest BCUT2D eigenvalue weighted by Crippen LogP contribution is 2.48. The van der Waals surface area contributed by atoms with E-state index in [1.54, 1.807) is 0 Å². The number of nitrogens with zero attached hydrogens (tertiary/aromatic N) is 7. The second kappa shape index (κ2) is 21.1. The molecule has 3 aromatic heterocycles. The van der Waals surface area contributed by atoms with Crippen LogP contribution in [-0.4, -0.2) is 31.2 Å². The molecule has 17 rings (SSSR count). The van der Waals surface area contributed by atoms with Gasteiger partial charge in [0.05, 0.1) is 45.2 Å². The van der Waals surface area contributed by atoms with Gasteiger partial charge < -0.3 is 14.4 Å². The molecule has 0 bridgehead atoms. The normalized spacial score (nSPS) is 12.2. The summed E-state index contributed by atoms with van der Waals surface area (Å²) in [6.07, 6.45) is 0. The Labute approximate surface area is 510 Å². The van der Waals surface area contributed by atoms with Crippen molar-refractivity contribution in [1.29, 1.82) is 0 Å². The summed E-state index contributed by atoms with van der Waals surface area (Å²) in [5.74, 6) is 1.27. The number of rotatable bonds is 10. The number of aromatic nitrogens is 5. The summed E-state index contributed by atoms with van der Waals surface area (Å²) < 4.78 is 2.39. The van der Waals surface area contributed by atoms with Crippen LogP contribution in [0.2, 0.25) is 0 Å². The van der Waals surface area contributed by atoms with Crippen LogP contribution >= 0.6 is 0 Å². The zero-order valence-electron chi connectivity index (χ0n) is 47.7. The highest BCUT2D eigenvalue weighted by molar-refractivity contribution is 7.00. The van der Waals surface area contributed by atoms with Crippen LogP contribution in [-0.2, 0) is 0 Å². The molecule has 0 fully saturated rings. The molecule has 0 saturated heterocycles. The van der Waals surface area contributed by atoms with Gasteiger partial charge in [-0.3, -0.25) is 0 Å². The molecule has 0 atom stereocenters. The molecule has 0 aliphatic carbocycles. The van der Waals surface area contributed by atoms with E-state index in [0.29, 0.717) is 11.6 Å². The molecule has 0 amide bonds. The quantitative estimate of drug-likeness (QED) is 0.127. The average molecular weight is 1120 g/mol. The minimum absolute atomic E-state index is 0.0128. The first kappa shape index (κ1) is 50.8. The highest BCUT2D eigenvalue weighted by atomic mass is 15.2. The molecular formula is C80H52BN7. The molecule has 0 unspecified atom stereocenters. The molecular weight excluding hydrogens is 1070 g/mol. The summed E-state index contributed by atoms with van der Waals surface area (Å²) >= 11 is 0. The smallest absolute Gasteiger partial charge is 0.252 e. The lowest BCUT2D eigenvalue weighted by atomic mass is 9.33. The minimum atomic E-state index is -0.0128. The van der Waals surface area contributed by atoms with Crippen molar-refractivity contribution in [3.05, 3.63) is 315 Å². The second-order valence-electron chi connectivity index (χ2n) is 22.5. The molecule has 0 radical (unpaired) electrons. The first-order valence-electron chi connectivity index (χ1n) is 29.9. The van der Waals surface area contributed by atoms with Crippen molar-refractivity contribution in [2.24, 2.45) is 0 Å². The Bertz CT molecular complexity index is 5030. The molecule has 0 saturated carbocycles. The molecule has 0 N–H and O–H groups in total. The molecule has 12 aromatic carbocycles. The maximum Gasteiger partial charge on any atom is 0.252 e. The van der Waals surface area contributed by atoms with Gasteiger partial charge in [-0.05, 0) is 101 Å². The topological polar surface area (TPSA) is 63.0 Å². The van der Waals surface area contributed by atoms with Crippen LogP contribution in [0.5, 0.6) is 0 Å². The van der Waals surface area contributed by atoms with E-state index >= 15 is 0 Å². The lowest BCUT2D eigenvalue weighted by Crippen LogP contribution is -2.61. The molecule has 2 aliphatic heterocycles. The lowest BCUT2D eigenvalue weighted by molar-refractivity contribution is 1.15. The van der Waals surface area contributed by atoms with E-state index in [4.69, 9.17) is 19.9 Å². The molecule has 8 heteroatoms. The van der Waals surface area contributed by atoms with Crippen molar-refractivity contribution in [3.63, 3.8) is 0 Å². The van der Waals surface area contributed by atoms with Crippen molar-refractivity contribution in [2.75, 3.05) is 9.80 Å². The van der Waals surface area contributed by atoms with E-state index in [1.807, 2.05) is 24.3 Å². The predicted molar refractivity (Wildman–Crippen MR) is 364 cm³/mol. The molecule has 88 heavy (non-hydrogen) atoms. The van der Waals surface area contributed by atoms with Crippen LogP contribution in [0.3, 0.4) is 0 Å². The third kappa shape index (κ3) is 8.52. The summed E-state index contributed by atoms with van der Waals surface area (Å²) in [5, 5.41) is 2.35. The number of benzene rings is 12. The van der Waals surface area contributed by atoms with Crippen molar-refractivity contribution < 1.29 is 0 Å². The molecule has 410 valence electrons. The maximum atomic E-state index is 5.67. The third-order valence-electron chi connectivity index (χ3n) is 17.4. The molecule has 2 aliphatic rings. The lowest BCUT2D eigenvalue weighted by Gasteiger charge is -2.45. The number of fused-ring (bicyclic) bond motifs is 7. The number of para-hydroxylation sites is 6. The minimum Gasteiger partial charge on any atom is -0.311 e. The van der Waals surface area contributed by atoms with Crippen LogP contribution in [0.25, 0.3) is 106 Å². The van der Waals surface area contributed by atoms with Crippen LogP contribution in [0.4, 0.5) is 34.1 Å². The summed E-state index contributed by atoms with van der Waals surface area (Å²) in [4.78, 5) is 26.6. The van der Waals surface area contributed by atoms with E-state index in [-0.39, 0.29) is 6.71 Å². The zero-order chi connectivity index (χ0) is 58.1. The van der Waals surface area contributed by atoms with E-state index in [9.17, 15) is 0 Å². The van der Waals surface area contributed by atoms with Crippen molar-refractivity contribution in [3.8, 4) is 84.6 Å². The van der Waals surface area contributed by atoms with Gasteiger partial charge in [0.1, 0.15) is 0 Å². The Morgan fingerprint density at radius 1 is 0.261 bits per heavy atom. The summed E-state index contributed by atoms with van der Waals surface area (Å²) in [5.41, 5.74) is 25.0. The van der Waals surface area contributed by atoms with Gasteiger partial charge >= 0.3 is 0 Å². The van der Waals surface area contributed by atoms with Gasteiger partial charge in [0.2, 0.25) is 0 Å². The average Bonchev–Trinajstić information content (AvgIpc) is 0.865. The fourth-order valence-electron chi connectivity index (χ4n) is 13.5. The van der Waals surface area contributed by atoms with E-state index in [2.05, 4.69) is 306 Å². The standard InChI is InChI=1S/C80H52BN7/c1-6-24-54(25-7-1)67-51-69(84-79(82-67)56-28-10-3-11-29-56)58-46-48-73(88-71-38-20-16-34-62(71)63-35-17-21-39-72(63)88)64(50-58)70-52-68(55-26-8-2-9-27-55)83-80(85-70)57-44-42-53(43-45-57)61-47-49-76-77-78(61)87(60-32-14-5-15-33-60)75-41-23-19-37-66(75)81(77)65-36-18-22-40-74(65)86(76)59-30-12-4-13-31-59/h1-52H. The predicted octanol–water partition coefficient (Wildman–Crippen LogP) is 18.1. The van der Waals surface area contributed by atoms with Gasteiger partial charge in [0.25, 0.3) is 6.71 Å². The molecule has 15 aromatic rings. The number of hydrogen-bond acceptors (Lipinski definition) is 6. The SMILES string of the molecule is c1ccc(-c2cc(-c3ccc(-n4c5ccccc5c5ccccc54)c(-c4cc(-c5ccccc5)nc(-c5ccc(-c6ccc7c8c6N(c6ccccc6)c6ccccc6B8c6ccccc6N7c6ccccc6)cc5)n4)c3)nc(-c3ccccc3)n2)cc1. The Morgan fingerprint density at radius 3 is 1.25 bits per heavy atom. The summed E-state index contributed by atoms with van der Waals surface area (Å²) in [7, 11) is 0. The largest absolute Gasteiger partial charge is 0.311 e. The summed E-state index contributed by atoms with van der Waals surface area (Å²) in [6.45, 7) is -0.0128. The zero-order valence-corrected chi connectivity index (χ0v) is 47.7. The molecule has 5 heterocycles. The Hall–Kier alpha value is -11.7. The van der Waals surface area contributed by atoms with E-state index in [0.717, 1.165) is 107 Å². The maximum absolute atomic E-state index is 5.67. The highest BCUT2D eigenvalue weighted by Gasteiger charge is 2.44. The molecule has 7 nitrogen and oxygen atoms in total. The molecule has 0 spiro atoms. The fraction of sp³-hybridized carbons (Fsp3) is 0. The van der Waals surface area contributed by atoms with Crippen molar-refractivity contribution >= 4 is 79.0 Å². The first-order valence-corrected chi connectivity index (χ1v) is 29.9. The fourth-order valence-corrected chi connectivity index (χ4v) is 13.5.